The third-order valence-electron chi connectivity index (χ3n) is 3.38. The normalized spacial score (nSPS) is 12.6. The summed E-state index contributed by atoms with van der Waals surface area (Å²) >= 11 is 5.17. The zero-order valence-corrected chi connectivity index (χ0v) is 14.5. The van der Waals surface area contributed by atoms with Crippen molar-refractivity contribution in [3.05, 3.63) is 55.7 Å². The van der Waals surface area contributed by atoms with Crippen LogP contribution in [0.25, 0.3) is 0 Å². The van der Waals surface area contributed by atoms with Gasteiger partial charge < -0.3 is 5.32 Å². The fourth-order valence-corrected chi connectivity index (χ4v) is 4.09. The van der Waals surface area contributed by atoms with Crippen LogP contribution in [-0.2, 0) is 6.42 Å². The average molecular weight is 374 g/mol. The summed E-state index contributed by atoms with van der Waals surface area (Å²) in [5, 5.41) is 3.46. The van der Waals surface area contributed by atoms with Crippen molar-refractivity contribution >= 4 is 27.3 Å². The Bertz CT molecular complexity index is 612. The predicted molar refractivity (Wildman–Crippen MR) is 87.9 cm³/mol. The van der Waals surface area contributed by atoms with Crippen LogP contribution in [0.2, 0.25) is 0 Å². The van der Waals surface area contributed by atoms with Gasteiger partial charge in [0, 0.05) is 17.0 Å². The molecule has 0 saturated heterocycles. The Kier molecular flexibility index (Phi) is 5.90. The monoisotopic (exact) mass is 373 g/mol. The molecule has 0 amide bonds. The van der Waals surface area contributed by atoms with E-state index in [2.05, 4.69) is 41.2 Å². The summed E-state index contributed by atoms with van der Waals surface area (Å²) in [5.41, 5.74) is 1.70. The molecule has 21 heavy (non-hydrogen) atoms. The van der Waals surface area contributed by atoms with Gasteiger partial charge in [0.1, 0.15) is 11.6 Å². The highest BCUT2D eigenvalue weighted by Gasteiger charge is 2.18. The van der Waals surface area contributed by atoms with Crippen LogP contribution < -0.4 is 5.32 Å². The van der Waals surface area contributed by atoms with Crippen molar-refractivity contribution in [3.8, 4) is 0 Å². The van der Waals surface area contributed by atoms with E-state index in [1.165, 1.54) is 22.6 Å². The molecule has 1 atom stereocenters. The van der Waals surface area contributed by atoms with Crippen LogP contribution in [0.3, 0.4) is 0 Å². The maximum absolute atomic E-state index is 13.9. The lowest BCUT2D eigenvalue weighted by Crippen LogP contribution is -2.24. The summed E-state index contributed by atoms with van der Waals surface area (Å²) in [6.07, 6.45) is 1.52. The molecule has 0 radical (unpaired) electrons. The first-order valence-electron chi connectivity index (χ1n) is 6.94. The van der Waals surface area contributed by atoms with E-state index < -0.39 is 11.6 Å². The zero-order valence-electron chi connectivity index (χ0n) is 12.1. The quantitative estimate of drug-likeness (QED) is 0.716. The Morgan fingerprint density at radius 2 is 2.05 bits per heavy atom. The van der Waals surface area contributed by atoms with Crippen LogP contribution in [0, 0.1) is 18.6 Å². The van der Waals surface area contributed by atoms with E-state index in [-0.39, 0.29) is 6.04 Å². The number of thiophene rings is 1. The van der Waals surface area contributed by atoms with Gasteiger partial charge in [0.2, 0.25) is 0 Å². The Hall–Kier alpha value is -0.780. The Labute approximate surface area is 136 Å². The molecule has 2 aromatic rings. The highest BCUT2D eigenvalue weighted by molar-refractivity contribution is 9.11. The molecule has 0 aliphatic carbocycles. The smallest absolute Gasteiger partial charge is 0.129 e. The van der Waals surface area contributed by atoms with Crippen LogP contribution in [0.1, 0.15) is 35.4 Å². The number of rotatable bonds is 6. The van der Waals surface area contributed by atoms with Crippen molar-refractivity contribution in [2.75, 3.05) is 6.54 Å². The van der Waals surface area contributed by atoms with E-state index in [1.54, 1.807) is 11.3 Å². The summed E-state index contributed by atoms with van der Waals surface area (Å²) in [6.45, 7) is 5.02. The van der Waals surface area contributed by atoms with Gasteiger partial charge in [0.15, 0.2) is 0 Å². The molecule has 1 N–H and O–H groups in total. The second-order valence-corrected chi connectivity index (χ2v) is 7.64. The fraction of sp³-hybridized carbons (Fsp3) is 0.375. The number of aryl methyl sites for hydroxylation is 1. The van der Waals surface area contributed by atoms with Gasteiger partial charge in [0.25, 0.3) is 0 Å². The zero-order chi connectivity index (χ0) is 15.4. The predicted octanol–water partition coefficient (Wildman–Crippen LogP) is 5.38. The molecule has 2 rings (SSSR count). The molecule has 0 spiro atoms. The Morgan fingerprint density at radius 3 is 2.62 bits per heavy atom. The van der Waals surface area contributed by atoms with Gasteiger partial charge in [-0.3, -0.25) is 0 Å². The van der Waals surface area contributed by atoms with E-state index in [0.29, 0.717) is 12.0 Å². The van der Waals surface area contributed by atoms with E-state index >= 15 is 0 Å². The maximum Gasteiger partial charge on any atom is 0.129 e. The summed E-state index contributed by atoms with van der Waals surface area (Å²) in [5.74, 6) is -1.02. The van der Waals surface area contributed by atoms with E-state index in [4.69, 9.17) is 0 Å². The minimum Gasteiger partial charge on any atom is -0.310 e. The molecule has 1 aromatic carbocycles. The van der Waals surface area contributed by atoms with Crippen LogP contribution in [0.15, 0.2) is 28.1 Å². The van der Waals surface area contributed by atoms with Crippen LogP contribution >= 0.6 is 27.3 Å². The molecule has 0 aliphatic heterocycles. The van der Waals surface area contributed by atoms with Gasteiger partial charge in [-0.25, -0.2) is 8.78 Å². The lowest BCUT2D eigenvalue weighted by molar-refractivity contribution is 0.508. The lowest BCUT2D eigenvalue weighted by Gasteiger charge is -2.19. The second-order valence-electron chi connectivity index (χ2n) is 5.01. The second kappa shape index (κ2) is 7.47. The number of halogens is 3. The first kappa shape index (κ1) is 16.6. The van der Waals surface area contributed by atoms with Gasteiger partial charge in [-0.15, -0.1) is 11.3 Å². The number of benzene rings is 1. The van der Waals surface area contributed by atoms with Crippen LogP contribution in [0.5, 0.6) is 0 Å². The van der Waals surface area contributed by atoms with Crippen molar-refractivity contribution in [1.29, 1.82) is 0 Å². The first-order valence-corrected chi connectivity index (χ1v) is 8.55. The third kappa shape index (κ3) is 4.34. The molecular weight excluding hydrogens is 356 g/mol. The molecule has 0 aliphatic rings. The average Bonchev–Trinajstić information content (AvgIpc) is 2.76. The van der Waals surface area contributed by atoms with Crippen molar-refractivity contribution in [2.24, 2.45) is 0 Å². The minimum absolute atomic E-state index is 0.0347. The van der Waals surface area contributed by atoms with Gasteiger partial charge in [-0.05, 0) is 65.5 Å². The van der Waals surface area contributed by atoms with Crippen molar-refractivity contribution in [1.82, 2.24) is 5.32 Å². The molecule has 1 heterocycles. The van der Waals surface area contributed by atoms with Gasteiger partial charge in [-0.1, -0.05) is 13.0 Å². The molecule has 114 valence electrons. The number of nitrogens with one attached hydrogen (secondary N) is 1. The number of hydrogen-bond acceptors (Lipinski definition) is 2. The highest BCUT2D eigenvalue weighted by atomic mass is 79.9. The molecule has 0 fully saturated rings. The van der Waals surface area contributed by atoms with Crippen LogP contribution in [0.4, 0.5) is 8.78 Å². The first-order chi connectivity index (χ1) is 10.0. The highest BCUT2D eigenvalue weighted by Crippen LogP contribution is 2.32. The standard InChI is InChI=1S/C16H18BrF2NS/c1-3-6-20-15(13-9-16(17)21-10(13)2)7-11-4-5-12(18)8-14(11)19/h4-5,8-9,15,20H,3,6-7H2,1-2H3. The summed E-state index contributed by atoms with van der Waals surface area (Å²) in [6, 6.07) is 5.90. The molecular formula is C16H18BrF2NS. The van der Waals surface area contributed by atoms with Crippen molar-refractivity contribution < 1.29 is 8.78 Å². The van der Waals surface area contributed by atoms with E-state index in [0.717, 1.165) is 22.8 Å². The molecule has 1 aromatic heterocycles. The van der Waals surface area contributed by atoms with Crippen LogP contribution in [-0.4, -0.2) is 6.54 Å². The Balaban J connectivity index is 2.26. The summed E-state index contributed by atoms with van der Waals surface area (Å²) < 4.78 is 28.0. The fourth-order valence-electron chi connectivity index (χ4n) is 2.32. The van der Waals surface area contributed by atoms with Gasteiger partial charge in [-0.2, -0.15) is 0 Å². The molecule has 0 bridgehead atoms. The molecule has 1 unspecified atom stereocenters. The topological polar surface area (TPSA) is 12.0 Å². The third-order valence-corrected chi connectivity index (χ3v) is 4.95. The molecule has 1 nitrogen and oxygen atoms in total. The maximum atomic E-state index is 13.9. The SMILES string of the molecule is CCCNC(Cc1ccc(F)cc1F)c1cc(Br)sc1C. The van der Waals surface area contributed by atoms with E-state index in [9.17, 15) is 8.78 Å². The molecule has 0 saturated carbocycles. The van der Waals surface area contributed by atoms with Crippen molar-refractivity contribution in [2.45, 2.75) is 32.7 Å². The summed E-state index contributed by atoms with van der Waals surface area (Å²) in [4.78, 5) is 1.21. The van der Waals surface area contributed by atoms with Crippen molar-refractivity contribution in [3.63, 3.8) is 0 Å². The number of hydrogen-bond donors (Lipinski definition) is 1. The van der Waals surface area contributed by atoms with Gasteiger partial charge in [0.05, 0.1) is 3.79 Å². The lowest BCUT2D eigenvalue weighted by atomic mass is 9.99. The minimum atomic E-state index is -0.538. The largest absolute Gasteiger partial charge is 0.310 e. The summed E-state index contributed by atoms with van der Waals surface area (Å²) in [7, 11) is 0. The Morgan fingerprint density at radius 1 is 1.29 bits per heavy atom. The molecule has 5 heteroatoms. The van der Waals surface area contributed by atoms with E-state index in [1.807, 2.05) is 0 Å². The van der Waals surface area contributed by atoms with Gasteiger partial charge >= 0.3 is 0 Å².